The SMILES string of the molecule is CC1(C)c2cc(-c3ccc4ccc5cccc6ccc3c4c56)ccc2-c2cc3c(cc21)sc1ccccc13. The Morgan fingerprint density at radius 3 is 2.05 bits per heavy atom. The number of hydrogen-bond donors (Lipinski definition) is 0. The lowest BCUT2D eigenvalue weighted by Gasteiger charge is -2.22. The molecule has 7 aromatic carbocycles. The molecule has 1 heteroatoms. The monoisotopic (exact) mass is 500 g/mol. The minimum absolute atomic E-state index is 0.0468. The van der Waals surface area contributed by atoms with Crippen LogP contribution in [-0.4, -0.2) is 0 Å². The summed E-state index contributed by atoms with van der Waals surface area (Å²) in [6.45, 7) is 4.79. The van der Waals surface area contributed by atoms with Crippen molar-refractivity contribution in [1.82, 2.24) is 0 Å². The number of rotatable bonds is 1. The van der Waals surface area contributed by atoms with Crippen molar-refractivity contribution in [3.8, 4) is 22.3 Å². The lowest BCUT2D eigenvalue weighted by atomic mass is 9.81. The predicted molar refractivity (Wildman–Crippen MR) is 166 cm³/mol. The van der Waals surface area contributed by atoms with Crippen molar-refractivity contribution in [2.45, 2.75) is 19.3 Å². The van der Waals surface area contributed by atoms with E-state index < -0.39 is 0 Å². The summed E-state index contributed by atoms with van der Waals surface area (Å²) in [7, 11) is 0. The van der Waals surface area contributed by atoms with Crippen molar-refractivity contribution < 1.29 is 0 Å². The molecule has 0 saturated carbocycles. The molecule has 1 heterocycles. The molecule has 9 rings (SSSR count). The Bertz CT molecular complexity index is 2240. The third-order valence-electron chi connectivity index (χ3n) is 9.01. The normalized spacial score (nSPS) is 14.3. The van der Waals surface area contributed by atoms with Crippen LogP contribution in [0.1, 0.15) is 25.0 Å². The highest BCUT2D eigenvalue weighted by Crippen LogP contribution is 2.52. The predicted octanol–water partition coefficient (Wildman–Crippen LogP) is 10.9. The van der Waals surface area contributed by atoms with Gasteiger partial charge in [-0.15, -0.1) is 11.3 Å². The van der Waals surface area contributed by atoms with Crippen LogP contribution in [0.25, 0.3) is 74.7 Å². The van der Waals surface area contributed by atoms with Crippen molar-refractivity contribution in [2.75, 3.05) is 0 Å². The molecule has 8 aromatic rings. The number of fused-ring (bicyclic) bond motifs is 6. The maximum absolute atomic E-state index is 2.47. The first-order valence-corrected chi connectivity index (χ1v) is 14.2. The zero-order chi connectivity index (χ0) is 25.2. The molecular formula is C37H24S. The van der Waals surface area contributed by atoms with Crippen molar-refractivity contribution in [3.63, 3.8) is 0 Å². The van der Waals surface area contributed by atoms with Gasteiger partial charge in [0.25, 0.3) is 0 Å². The molecule has 178 valence electrons. The molecule has 1 aromatic heterocycles. The molecule has 0 spiro atoms. The number of thiophene rings is 1. The minimum Gasteiger partial charge on any atom is -0.135 e. The van der Waals surface area contributed by atoms with Gasteiger partial charge in [0.15, 0.2) is 0 Å². The summed E-state index contributed by atoms with van der Waals surface area (Å²) in [4.78, 5) is 0. The van der Waals surface area contributed by atoms with E-state index in [1.807, 2.05) is 11.3 Å². The van der Waals surface area contributed by atoms with Crippen LogP contribution in [0.4, 0.5) is 0 Å². The molecule has 0 nitrogen and oxygen atoms in total. The van der Waals surface area contributed by atoms with Crippen LogP contribution in [0, 0.1) is 0 Å². The number of hydrogen-bond acceptors (Lipinski definition) is 1. The molecule has 38 heavy (non-hydrogen) atoms. The highest BCUT2D eigenvalue weighted by atomic mass is 32.1. The summed E-state index contributed by atoms with van der Waals surface area (Å²) < 4.78 is 2.76. The van der Waals surface area contributed by atoms with E-state index in [-0.39, 0.29) is 5.41 Å². The van der Waals surface area contributed by atoms with E-state index in [2.05, 4.69) is 123 Å². The Labute approximate surface area is 225 Å². The quantitative estimate of drug-likeness (QED) is 0.197. The summed E-state index contributed by atoms with van der Waals surface area (Å²) in [6, 6.07) is 41.3. The van der Waals surface area contributed by atoms with E-state index in [9.17, 15) is 0 Å². The standard InChI is InChI=1S/C37H24S/c1-37(2)31-18-24(25-15-12-23-11-10-21-6-5-7-22-13-17-28(25)36(23)35(21)22)14-16-26(31)29-19-30-27-8-3-4-9-33(27)38-34(30)20-32(29)37/h3-20H,1-2H3. The first-order chi connectivity index (χ1) is 18.6. The van der Waals surface area contributed by atoms with Gasteiger partial charge in [-0.3, -0.25) is 0 Å². The highest BCUT2D eigenvalue weighted by Gasteiger charge is 2.36. The van der Waals surface area contributed by atoms with Crippen LogP contribution in [-0.2, 0) is 5.41 Å². The van der Waals surface area contributed by atoms with E-state index in [1.54, 1.807) is 0 Å². The second-order valence-electron chi connectivity index (χ2n) is 11.3. The van der Waals surface area contributed by atoms with E-state index in [1.165, 1.54) is 85.9 Å². The van der Waals surface area contributed by atoms with Crippen molar-refractivity contribution in [1.29, 1.82) is 0 Å². The number of benzene rings is 7. The molecule has 1 aliphatic rings. The average molecular weight is 501 g/mol. The van der Waals surface area contributed by atoms with Crippen LogP contribution < -0.4 is 0 Å². The fraction of sp³-hybridized carbons (Fsp3) is 0.0811. The summed E-state index contributed by atoms with van der Waals surface area (Å²) in [5.74, 6) is 0. The lowest BCUT2D eigenvalue weighted by molar-refractivity contribution is 0.661. The molecule has 1 aliphatic carbocycles. The average Bonchev–Trinajstić information content (AvgIpc) is 3.42. The van der Waals surface area contributed by atoms with Gasteiger partial charge < -0.3 is 0 Å². The van der Waals surface area contributed by atoms with E-state index in [0.717, 1.165) is 0 Å². The largest absolute Gasteiger partial charge is 0.135 e. The summed E-state index contributed by atoms with van der Waals surface area (Å²) in [5, 5.41) is 10.8. The molecule has 0 amide bonds. The van der Waals surface area contributed by atoms with Crippen molar-refractivity contribution >= 4 is 63.8 Å². The Morgan fingerprint density at radius 1 is 0.474 bits per heavy atom. The molecule has 0 saturated heterocycles. The lowest BCUT2D eigenvalue weighted by Crippen LogP contribution is -2.15. The molecule has 0 bridgehead atoms. The van der Waals surface area contributed by atoms with Gasteiger partial charge >= 0.3 is 0 Å². The molecule has 0 unspecified atom stereocenters. The van der Waals surface area contributed by atoms with Crippen molar-refractivity contribution in [2.24, 2.45) is 0 Å². The second kappa shape index (κ2) is 7.01. The Hall–Kier alpha value is -4.20. The van der Waals surface area contributed by atoms with Crippen LogP contribution in [0.3, 0.4) is 0 Å². The highest BCUT2D eigenvalue weighted by molar-refractivity contribution is 7.25. The Kier molecular flexibility index (Phi) is 3.84. The summed E-state index contributed by atoms with van der Waals surface area (Å²) in [6.07, 6.45) is 0. The van der Waals surface area contributed by atoms with E-state index >= 15 is 0 Å². The van der Waals surface area contributed by atoms with Crippen LogP contribution in [0.15, 0.2) is 109 Å². The summed E-state index contributed by atoms with van der Waals surface area (Å²) in [5.41, 5.74) is 8.21. The van der Waals surface area contributed by atoms with Crippen LogP contribution in [0.5, 0.6) is 0 Å². The topological polar surface area (TPSA) is 0 Å². The molecule has 0 aliphatic heterocycles. The van der Waals surface area contributed by atoms with Gasteiger partial charge in [0.1, 0.15) is 0 Å². The Morgan fingerprint density at radius 2 is 1.18 bits per heavy atom. The first kappa shape index (κ1) is 20.8. The van der Waals surface area contributed by atoms with Crippen LogP contribution in [0.2, 0.25) is 0 Å². The molecule has 0 fully saturated rings. The fourth-order valence-corrected chi connectivity index (χ4v) is 8.23. The fourth-order valence-electron chi connectivity index (χ4n) is 7.11. The van der Waals surface area contributed by atoms with Gasteiger partial charge in [-0.25, -0.2) is 0 Å². The third-order valence-corrected chi connectivity index (χ3v) is 10.1. The van der Waals surface area contributed by atoms with Gasteiger partial charge in [0.05, 0.1) is 0 Å². The van der Waals surface area contributed by atoms with Gasteiger partial charge in [-0.2, -0.15) is 0 Å². The van der Waals surface area contributed by atoms with E-state index in [0.29, 0.717) is 0 Å². The van der Waals surface area contributed by atoms with E-state index in [4.69, 9.17) is 0 Å². The summed E-state index contributed by atoms with van der Waals surface area (Å²) >= 11 is 1.91. The maximum Gasteiger partial charge on any atom is 0.0358 e. The van der Waals surface area contributed by atoms with Gasteiger partial charge in [0, 0.05) is 25.6 Å². The van der Waals surface area contributed by atoms with Gasteiger partial charge in [0.2, 0.25) is 0 Å². The first-order valence-electron chi connectivity index (χ1n) is 13.4. The minimum atomic E-state index is -0.0468. The third kappa shape index (κ3) is 2.55. The molecular weight excluding hydrogens is 476 g/mol. The van der Waals surface area contributed by atoms with Gasteiger partial charge in [-0.05, 0) is 90.0 Å². The van der Waals surface area contributed by atoms with Gasteiger partial charge in [-0.1, -0.05) is 98.8 Å². The zero-order valence-electron chi connectivity index (χ0n) is 21.3. The Balaban J connectivity index is 1.29. The molecule has 0 N–H and O–H groups in total. The molecule has 0 atom stereocenters. The molecule has 0 radical (unpaired) electrons. The van der Waals surface area contributed by atoms with Crippen molar-refractivity contribution in [3.05, 3.63) is 120 Å². The zero-order valence-corrected chi connectivity index (χ0v) is 22.1. The maximum atomic E-state index is 2.47. The second-order valence-corrected chi connectivity index (χ2v) is 12.4. The smallest absolute Gasteiger partial charge is 0.0358 e. The van der Waals surface area contributed by atoms with Crippen LogP contribution >= 0.6 is 11.3 Å².